The van der Waals surface area contributed by atoms with Crippen molar-refractivity contribution in [3.8, 4) is 10.4 Å². The van der Waals surface area contributed by atoms with E-state index in [4.69, 9.17) is 10.8 Å². The Kier molecular flexibility index (Phi) is 3.40. The van der Waals surface area contributed by atoms with Crippen LogP contribution >= 0.6 is 23.1 Å². The molecule has 2 rings (SSSR count). The van der Waals surface area contributed by atoms with Gasteiger partial charge in [0.25, 0.3) is 0 Å². The Bertz CT molecular complexity index is 563. The number of rotatable bonds is 3. The SMILES string of the molecule is CSc1ccccc1-c1cc(N)c(C(=O)O)s1. The number of anilines is 1. The van der Waals surface area contributed by atoms with E-state index in [2.05, 4.69) is 0 Å². The number of carboxylic acids is 1. The maximum Gasteiger partial charge on any atom is 0.348 e. The van der Waals surface area contributed by atoms with Crippen LogP contribution in [0, 0.1) is 0 Å². The summed E-state index contributed by atoms with van der Waals surface area (Å²) in [6.07, 6.45) is 1.99. The van der Waals surface area contributed by atoms with Gasteiger partial charge >= 0.3 is 5.97 Å². The maximum absolute atomic E-state index is 10.9. The molecule has 0 aliphatic rings. The summed E-state index contributed by atoms with van der Waals surface area (Å²) in [5, 5.41) is 8.98. The highest BCUT2D eigenvalue weighted by Gasteiger charge is 2.15. The fourth-order valence-electron chi connectivity index (χ4n) is 1.55. The number of nitrogen functional groups attached to an aromatic ring is 1. The lowest BCUT2D eigenvalue weighted by molar-refractivity contribution is 0.0703. The molecule has 0 saturated carbocycles. The smallest absolute Gasteiger partial charge is 0.348 e. The summed E-state index contributed by atoms with van der Waals surface area (Å²) in [5.41, 5.74) is 7.05. The third-order valence-electron chi connectivity index (χ3n) is 2.33. The van der Waals surface area contributed by atoms with Gasteiger partial charge in [-0.25, -0.2) is 4.79 Å². The van der Waals surface area contributed by atoms with E-state index in [9.17, 15) is 4.79 Å². The molecule has 0 fully saturated rings. The van der Waals surface area contributed by atoms with Crippen molar-refractivity contribution in [2.75, 3.05) is 12.0 Å². The van der Waals surface area contributed by atoms with Gasteiger partial charge in [0, 0.05) is 15.3 Å². The highest BCUT2D eigenvalue weighted by Crippen LogP contribution is 2.37. The standard InChI is InChI=1S/C12H11NO2S2/c1-16-9-5-3-2-4-7(9)10-6-8(13)11(17-10)12(14)15/h2-6H,13H2,1H3,(H,14,15). The third-order valence-corrected chi connectivity index (χ3v) is 4.30. The van der Waals surface area contributed by atoms with Gasteiger partial charge in [0.1, 0.15) is 4.88 Å². The van der Waals surface area contributed by atoms with E-state index in [1.165, 1.54) is 11.3 Å². The molecule has 1 aromatic heterocycles. The summed E-state index contributed by atoms with van der Waals surface area (Å²) < 4.78 is 0. The fraction of sp³-hybridized carbons (Fsp3) is 0.0833. The van der Waals surface area contributed by atoms with Gasteiger partial charge in [-0.3, -0.25) is 0 Å². The van der Waals surface area contributed by atoms with Crippen LogP contribution in [-0.2, 0) is 0 Å². The molecule has 0 amide bonds. The van der Waals surface area contributed by atoms with Crippen molar-refractivity contribution in [2.45, 2.75) is 4.90 Å². The van der Waals surface area contributed by atoms with E-state index in [0.717, 1.165) is 15.3 Å². The number of hydrogen-bond donors (Lipinski definition) is 2. The lowest BCUT2D eigenvalue weighted by Crippen LogP contribution is -1.96. The molecule has 1 aromatic carbocycles. The van der Waals surface area contributed by atoms with E-state index >= 15 is 0 Å². The van der Waals surface area contributed by atoms with E-state index in [-0.39, 0.29) is 4.88 Å². The van der Waals surface area contributed by atoms with E-state index < -0.39 is 5.97 Å². The van der Waals surface area contributed by atoms with Crippen LogP contribution in [0.15, 0.2) is 35.2 Å². The normalized spacial score (nSPS) is 10.4. The van der Waals surface area contributed by atoms with Crippen LogP contribution in [0.2, 0.25) is 0 Å². The van der Waals surface area contributed by atoms with Crippen molar-refractivity contribution in [2.24, 2.45) is 0 Å². The summed E-state index contributed by atoms with van der Waals surface area (Å²) in [6.45, 7) is 0. The first-order chi connectivity index (χ1) is 8.13. The van der Waals surface area contributed by atoms with Crippen molar-refractivity contribution >= 4 is 34.8 Å². The number of aromatic carboxylic acids is 1. The summed E-state index contributed by atoms with van der Waals surface area (Å²) in [5.74, 6) is -0.972. The second-order valence-corrected chi connectivity index (χ2v) is 5.30. The van der Waals surface area contributed by atoms with Gasteiger partial charge in [0.05, 0.1) is 5.69 Å². The second kappa shape index (κ2) is 4.81. The summed E-state index contributed by atoms with van der Waals surface area (Å²) in [6, 6.07) is 9.61. The number of benzene rings is 1. The minimum absolute atomic E-state index is 0.205. The fourth-order valence-corrected chi connectivity index (χ4v) is 3.19. The molecular formula is C12H11NO2S2. The Balaban J connectivity index is 2.53. The molecule has 0 spiro atoms. The highest BCUT2D eigenvalue weighted by molar-refractivity contribution is 7.98. The van der Waals surface area contributed by atoms with Gasteiger partial charge in [0.2, 0.25) is 0 Å². The topological polar surface area (TPSA) is 63.3 Å². The molecule has 0 bridgehead atoms. The van der Waals surface area contributed by atoms with E-state index in [0.29, 0.717) is 5.69 Å². The molecule has 88 valence electrons. The molecule has 1 heterocycles. The predicted molar refractivity (Wildman–Crippen MR) is 72.9 cm³/mol. The molecule has 0 atom stereocenters. The molecule has 17 heavy (non-hydrogen) atoms. The Morgan fingerprint density at radius 3 is 2.71 bits per heavy atom. The van der Waals surface area contributed by atoms with Gasteiger partial charge in [0.15, 0.2) is 0 Å². The van der Waals surface area contributed by atoms with Gasteiger partial charge in [-0.15, -0.1) is 23.1 Å². The minimum Gasteiger partial charge on any atom is -0.477 e. The zero-order chi connectivity index (χ0) is 12.4. The van der Waals surface area contributed by atoms with Crippen molar-refractivity contribution in [3.05, 3.63) is 35.2 Å². The first kappa shape index (κ1) is 12.0. The molecule has 0 radical (unpaired) electrons. The molecule has 0 saturated heterocycles. The number of hydrogen-bond acceptors (Lipinski definition) is 4. The van der Waals surface area contributed by atoms with Crippen LogP contribution in [0.5, 0.6) is 0 Å². The zero-order valence-electron chi connectivity index (χ0n) is 9.14. The monoisotopic (exact) mass is 265 g/mol. The summed E-state index contributed by atoms with van der Waals surface area (Å²) in [4.78, 5) is 13.2. The van der Waals surface area contributed by atoms with Gasteiger partial charge in [-0.05, 0) is 18.4 Å². The second-order valence-electron chi connectivity index (χ2n) is 3.40. The number of thioether (sulfide) groups is 1. The van der Waals surface area contributed by atoms with Crippen LogP contribution in [0.4, 0.5) is 5.69 Å². The lowest BCUT2D eigenvalue weighted by Gasteiger charge is -2.03. The van der Waals surface area contributed by atoms with Gasteiger partial charge in [-0.2, -0.15) is 0 Å². The molecule has 0 aliphatic heterocycles. The van der Waals surface area contributed by atoms with Crippen LogP contribution in [-0.4, -0.2) is 17.3 Å². The molecule has 2 aromatic rings. The molecule has 5 heteroatoms. The number of thiophene rings is 1. The Morgan fingerprint density at radius 2 is 2.12 bits per heavy atom. The van der Waals surface area contributed by atoms with Crippen LogP contribution in [0.1, 0.15) is 9.67 Å². The molecule has 0 unspecified atom stereocenters. The molecular weight excluding hydrogens is 254 g/mol. The van der Waals surface area contributed by atoms with E-state index in [1.54, 1.807) is 17.8 Å². The Labute approximate surface area is 107 Å². The van der Waals surface area contributed by atoms with Crippen molar-refractivity contribution in [1.82, 2.24) is 0 Å². The van der Waals surface area contributed by atoms with Crippen molar-refractivity contribution < 1.29 is 9.90 Å². The van der Waals surface area contributed by atoms with Crippen LogP contribution in [0.25, 0.3) is 10.4 Å². The average molecular weight is 265 g/mol. The molecule has 3 N–H and O–H groups in total. The minimum atomic E-state index is -0.972. The highest BCUT2D eigenvalue weighted by atomic mass is 32.2. The lowest BCUT2D eigenvalue weighted by atomic mass is 10.2. The van der Waals surface area contributed by atoms with Crippen LogP contribution in [0.3, 0.4) is 0 Å². The Morgan fingerprint density at radius 1 is 1.41 bits per heavy atom. The van der Waals surface area contributed by atoms with Gasteiger partial charge < -0.3 is 10.8 Å². The number of carboxylic acid groups (broad SMARTS) is 1. The quantitative estimate of drug-likeness (QED) is 0.835. The largest absolute Gasteiger partial charge is 0.477 e. The average Bonchev–Trinajstić information content (AvgIpc) is 2.71. The van der Waals surface area contributed by atoms with Crippen LogP contribution < -0.4 is 5.73 Å². The zero-order valence-corrected chi connectivity index (χ0v) is 10.8. The first-order valence-corrected chi connectivity index (χ1v) is 6.93. The predicted octanol–water partition coefficient (Wildman–Crippen LogP) is 3.42. The van der Waals surface area contributed by atoms with E-state index in [1.807, 2.05) is 30.5 Å². The Hall–Kier alpha value is -1.46. The molecule has 0 aliphatic carbocycles. The summed E-state index contributed by atoms with van der Waals surface area (Å²) in [7, 11) is 0. The first-order valence-electron chi connectivity index (χ1n) is 4.89. The van der Waals surface area contributed by atoms with Crippen molar-refractivity contribution in [3.63, 3.8) is 0 Å². The molecule has 3 nitrogen and oxygen atoms in total. The number of nitrogens with two attached hydrogens (primary N) is 1. The third kappa shape index (κ3) is 2.30. The van der Waals surface area contributed by atoms with Gasteiger partial charge in [-0.1, -0.05) is 18.2 Å². The number of carbonyl (C=O) groups is 1. The summed E-state index contributed by atoms with van der Waals surface area (Å²) >= 11 is 2.84. The van der Waals surface area contributed by atoms with Crippen molar-refractivity contribution in [1.29, 1.82) is 0 Å². The maximum atomic E-state index is 10.9.